The lowest BCUT2D eigenvalue weighted by atomic mass is 9.86. The summed E-state index contributed by atoms with van der Waals surface area (Å²) < 4.78 is 17.8. The zero-order valence-electron chi connectivity index (χ0n) is 13.5. The molecule has 1 amide bonds. The van der Waals surface area contributed by atoms with Crippen LogP contribution in [0.4, 0.5) is 4.39 Å². The molecule has 0 bridgehead atoms. The number of hydrogen-bond donors (Lipinski definition) is 1. The highest BCUT2D eigenvalue weighted by atomic mass is 19.1. The molecule has 0 aromatic heterocycles. The summed E-state index contributed by atoms with van der Waals surface area (Å²) in [4.78, 5) is 23.5. The number of carbonyl (C=O) groups is 2. The van der Waals surface area contributed by atoms with Crippen LogP contribution in [0.1, 0.15) is 44.6 Å². The summed E-state index contributed by atoms with van der Waals surface area (Å²) in [5, 5.41) is 2.95. The molecule has 1 N–H and O–H groups in total. The standard InChI is InChI=1S/C18H24FNO3/c1-13-4-2-3-5-16(13)20-17(21)12-23-18(22)11-8-14-6-9-15(19)10-7-14/h6-7,9-10,13,16H,2-5,8,11-12H2,1H3,(H,20,21)/t13-,16+/m0/s1. The number of amides is 1. The lowest BCUT2D eigenvalue weighted by Crippen LogP contribution is -2.42. The fourth-order valence-corrected chi connectivity index (χ4v) is 2.89. The van der Waals surface area contributed by atoms with Crippen molar-refractivity contribution in [1.29, 1.82) is 0 Å². The van der Waals surface area contributed by atoms with E-state index in [2.05, 4.69) is 12.2 Å². The number of hydrogen-bond acceptors (Lipinski definition) is 3. The molecule has 23 heavy (non-hydrogen) atoms. The molecule has 1 saturated carbocycles. The van der Waals surface area contributed by atoms with E-state index < -0.39 is 5.97 Å². The van der Waals surface area contributed by atoms with Crippen molar-refractivity contribution in [3.05, 3.63) is 35.6 Å². The maximum Gasteiger partial charge on any atom is 0.306 e. The summed E-state index contributed by atoms with van der Waals surface area (Å²) >= 11 is 0. The van der Waals surface area contributed by atoms with Gasteiger partial charge in [-0.15, -0.1) is 0 Å². The Morgan fingerprint density at radius 1 is 1.22 bits per heavy atom. The lowest BCUT2D eigenvalue weighted by molar-refractivity contribution is -0.148. The molecule has 0 saturated heterocycles. The second-order valence-electron chi connectivity index (χ2n) is 6.22. The molecule has 2 atom stereocenters. The van der Waals surface area contributed by atoms with E-state index in [1.165, 1.54) is 18.6 Å². The van der Waals surface area contributed by atoms with Crippen LogP contribution in [0.5, 0.6) is 0 Å². The zero-order chi connectivity index (χ0) is 16.7. The monoisotopic (exact) mass is 321 g/mol. The van der Waals surface area contributed by atoms with Gasteiger partial charge < -0.3 is 10.1 Å². The molecule has 0 unspecified atom stereocenters. The Labute approximate surface area is 136 Å². The number of halogens is 1. The number of rotatable bonds is 6. The highest BCUT2D eigenvalue weighted by Gasteiger charge is 2.23. The van der Waals surface area contributed by atoms with Crippen LogP contribution in [0, 0.1) is 11.7 Å². The number of nitrogens with one attached hydrogen (secondary N) is 1. The maximum absolute atomic E-state index is 12.8. The summed E-state index contributed by atoms with van der Waals surface area (Å²) in [5.41, 5.74) is 0.865. The second kappa shape index (κ2) is 8.65. The molecular formula is C18H24FNO3. The molecule has 2 rings (SSSR count). The summed E-state index contributed by atoms with van der Waals surface area (Å²) in [7, 11) is 0. The Morgan fingerprint density at radius 3 is 2.61 bits per heavy atom. The molecule has 1 aromatic rings. The molecule has 0 aliphatic heterocycles. The van der Waals surface area contributed by atoms with E-state index in [9.17, 15) is 14.0 Å². The van der Waals surface area contributed by atoms with Gasteiger partial charge >= 0.3 is 5.97 Å². The molecule has 126 valence electrons. The van der Waals surface area contributed by atoms with Crippen LogP contribution in [0.25, 0.3) is 0 Å². The molecular weight excluding hydrogens is 297 g/mol. The third kappa shape index (κ3) is 6.00. The van der Waals surface area contributed by atoms with Crippen LogP contribution in [0.3, 0.4) is 0 Å². The van der Waals surface area contributed by atoms with E-state index in [1.807, 2.05) is 0 Å². The quantitative estimate of drug-likeness (QED) is 0.820. The molecule has 0 heterocycles. The predicted molar refractivity (Wildman–Crippen MR) is 85.2 cm³/mol. The van der Waals surface area contributed by atoms with E-state index in [0.29, 0.717) is 12.3 Å². The highest BCUT2D eigenvalue weighted by Crippen LogP contribution is 2.23. The van der Waals surface area contributed by atoms with Crippen LogP contribution in [0.15, 0.2) is 24.3 Å². The van der Waals surface area contributed by atoms with E-state index in [1.54, 1.807) is 12.1 Å². The third-order valence-electron chi connectivity index (χ3n) is 4.35. The highest BCUT2D eigenvalue weighted by molar-refractivity contribution is 5.80. The van der Waals surface area contributed by atoms with Crippen molar-refractivity contribution in [2.45, 2.75) is 51.5 Å². The Bertz CT molecular complexity index is 530. The van der Waals surface area contributed by atoms with Crippen molar-refractivity contribution >= 4 is 11.9 Å². The van der Waals surface area contributed by atoms with Gasteiger partial charge in [0.2, 0.25) is 0 Å². The SMILES string of the molecule is C[C@H]1CCCC[C@H]1NC(=O)COC(=O)CCc1ccc(F)cc1. The largest absolute Gasteiger partial charge is 0.456 e. The van der Waals surface area contributed by atoms with Crippen molar-refractivity contribution in [1.82, 2.24) is 5.32 Å². The molecule has 1 aliphatic carbocycles. The molecule has 1 fully saturated rings. The van der Waals surface area contributed by atoms with Crippen molar-refractivity contribution in [3.63, 3.8) is 0 Å². The molecule has 0 spiro atoms. The van der Waals surface area contributed by atoms with Crippen molar-refractivity contribution in [2.24, 2.45) is 5.92 Å². The van der Waals surface area contributed by atoms with Gasteiger partial charge in [0.25, 0.3) is 5.91 Å². The second-order valence-corrected chi connectivity index (χ2v) is 6.22. The van der Waals surface area contributed by atoms with Gasteiger partial charge in [0.05, 0.1) is 0 Å². The van der Waals surface area contributed by atoms with Gasteiger partial charge in [-0.05, 0) is 42.9 Å². The van der Waals surface area contributed by atoms with Crippen LogP contribution >= 0.6 is 0 Å². The van der Waals surface area contributed by atoms with E-state index in [-0.39, 0.29) is 30.8 Å². The van der Waals surface area contributed by atoms with E-state index in [4.69, 9.17) is 4.74 Å². The minimum Gasteiger partial charge on any atom is -0.456 e. The molecule has 0 radical (unpaired) electrons. The summed E-state index contributed by atoms with van der Waals surface area (Å²) in [6, 6.07) is 6.19. The first kappa shape index (κ1) is 17.4. The Morgan fingerprint density at radius 2 is 1.91 bits per heavy atom. The van der Waals surface area contributed by atoms with Crippen molar-refractivity contribution < 1.29 is 18.7 Å². The normalized spacial score (nSPS) is 20.8. The van der Waals surface area contributed by atoms with Crippen molar-refractivity contribution in [2.75, 3.05) is 6.61 Å². The van der Waals surface area contributed by atoms with Gasteiger partial charge in [-0.25, -0.2) is 4.39 Å². The van der Waals surface area contributed by atoms with Gasteiger partial charge in [-0.2, -0.15) is 0 Å². The number of carbonyl (C=O) groups excluding carboxylic acids is 2. The molecule has 1 aliphatic rings. The summed E-state index contributed by atoms with van der Waals surface area (Å²) in [6.07, 6.45) is 5.12. The summed E-state index contributed by atoms with van der Waals surface area (Å²) in [6.45, 7) is 1.91. The minimum absolute atomic E-state index is 0.179. The maximum atomic E-state index is 12.8. The van der Waals surface area contributed by atoms with Gasteiger partial charge in [0, 0.05) is 12.5 Å². The van der Waals surface area contributed by atoms with Gasteiger partial charge in [-0.1, -0.05) is 31.9 Å². The number of benzene rings is 1. The fraction of sp³-hybridized carbons (Fsp3) is 0.556. The summed E-state index contributed by atoms with van der Waals surface area (Å²) in [5.74, 6) is -0.480. The molecule has 4 nitrogen and oxygen atoms in total. The van der Waals surface area contributed by atoms with Crippen LogP contribution < -0.4 is 5.32 Å². The first-order valence-corrected chi connectivity index (χ1v) is 8.24. The fourth-order valence-electron chi connectivity index (χ4n) is 2.89. The Hall–Kier alpha value is -1.91. The average molecular weight is 321 g/mol. The average Bonchev–Trinajstić information content (AvgIpc) is 2.54. The van der Waals surface area contributed by atoms with Crippen molar-refractivity contribution in [3.8, 4) is 0 Å². The van der Waals surface area contributed by atoms with E-state index in [0.717, 1.165) is 24.8 Å². The first-order chi connectivity index (χ1) is 11.0. The van der Waals surface area contributed by atoms with Crippen LogP contribution in [0.2, 0.25) is 0 Å². The number of aryl methyl sites for hydroxylation is 1. The lowest BCUT2D eigenvalue weighted by Gasteiger charge is -2.29. The Kier molecular flexibility index (Phi) is 6.56. The number of ether oxygens (including phenoxy) is 1. The zero-order valence-corrected chi connectivity index (χ0v) is 13.5. The van der Waals surface area contributed by atoms with E-state index >= 15 is 0 Å². The predicted octanol–water partition coefficient (Wildman–Crippen LogP) is 3.00. The smallest absolute Gasteiger partial charge is 0.306 e. The topological polar surface area (TPSA) is 55.4 Å². The van der Waals surface area contributed by atoms with Gasteiger partial charge in [0.15, 0.2) is 6.61 Å². The Balaban J connectivity index is 1.65. The number of esters is 1. The van der Waals surface area contributed by atoms with Crippen LogP contribution in [-0.4, -0.2) is 24.5 Å². The minimum atomic E-state index is -0.416. The van der Waals surface area contributed by atoms with Gasteiger partial charge in [0.1, 0.15) is 5.82 Å². The molecule has 5 heteroatoms. The van der Waals surface area contributed by atoms with Crippen LogP contribution in [-0.2, 0) is 20.7 Å². The third-order valence-corrected chi connectivity index (χ3v) is 4.35. The van der Waals surface area contributed by atoms with Gasteiger partial charge in [-0.3, -0.25) is 9.59 Å². The first-order valence-electron chi connectivity index (χ1n) is 8.24. The molecule has 1 aromatic carbocycles.